The minimum atomic E-state index is -0.722. The topological polar surface area (TPSA) is 37.3 Å². The van der Waals surface area contributed by atoms with Crippen molar-refractivity contribution in [3.8, 4) is 0 Å². The predicted molar refractivity (Wildman–Crippen MR) is 66.4 cm³/mol. The van der Waals surface area contributed by atoms with Crippen LogP contribution in [0.1, 0.15) is 36.0 Å². The Morgan fingerprint density at radius 2 is 1.88 bits per heavy atom. The molecule has 0 amide bonds. The van der Waals surface area contributed by atoms with E-state index in [4.69, 9.17) is 5.11 Å². The maximum Gasteiger partial charge on any atom is 0.303 e. The first kappa shape index (κ1) is 12.5. The molecule has 0 unspecified atom stereocenters. The molecule has 1 N–H and O–H groups in total. The summed E-state index contributed by atoms with van der Waals surface area (Å²) in [6.45, 7) is 4.16. The molecule has 1 aromatic rings. The highest BCUT2D eigenvalue weighted by atomic mass is 16.4. The van der Waals surface area contributed by atoms with Crippen LogP contribution < -0.4 is 0 Å². The molecule has 0 saturated heterocycles. The van der Waals surface area contributed by atoms with Gasteiger partial charge in [-0.05, 0) is 32.3 Å². The second-order valence-corrected chi connectivity index (χ2v) is 4.11. The normalized spacial score (nSPS) is 10.9. The lowest BCUT2D eigenvalue weighted by molar-refractivity contribution is -0.137. The van der Waals surface area contributed by atoms with Crippen LogP contribution >= 0.6 is 0 Å². The van der Waals surface area contributed by atoms with E-state index in [0.717, 1.165) is 6.42 Å². The molecule has 2 nitrogen and oxygen atoms in total. The molecule has 0 aromatic heterocycles. The third-order valence-corrected chi connectivity index (χ3v) is 2.32. The van der Waals surface area contributed by atoms with Gasteiger partial charge in [-0.25, -0.2) is 0 Å². The monoisotopic (exact) mass is 218 g/mol. The van der Waals surface area contributed by atoms with E-state index in [1.807, 2.05) is 6.08 Å². The lowest BCUT2D eigenvalue weighted by atomic mass is 10.1. The second-order valence-electron chi connectivity index (χ2n) is 4.11. The lowest BCUT2D eigenvalue weighted by Gasteiger charge is -1.99. The molecule has 0 bridgehead atoms. The van der Waals surface area contributed by atoms with Crippen molar-refractivity contribution in [1.82, 2.24) is 0 Å². The predicted octanol–water partition coefficient (Wildman–Crippen LogP) is 3.57. The molecule has 1 aromatic carbocycles. The molecule has 0 saturated carbocycles. The first-order chi connectivity index (χ1) is 7.58. The Labute approximate surface area is 96.6 Å². The van der Waals surface area contributed by atoms with Gasteiger partial charge in [-0.15, -0.1) is 0 Å². The quantitative estimate of drug-likeness (QED) is 0.767. The van der Waals surface area contributed by atoms with Crippen LogP contribution in [0.3, 0.4) is 0 Å². The van der Waals surface area contributed by atoms with Crippen molar-refractivity contribution in [2.24, 2.45) is 0 Å². The third kappa shape index (κ3) is 4.78. The van der Waals surface area contributed by atoms with Crippen LogP contribution in [0, 0.1) is 13.8 Å². The molecule has 0 heterocycles. The Bertz CT molecular complexity index is 371. The summed E-state index contributed by atoms with van der Waals surface area (Å²) in [6, 6.07) is 6.39. The van der Waals surface area contributed by atoms with Crippen LogP contribution in [0.5, 0.6) is 0 Å². The summed E-state index contributed by atoms with van der Waals surface area (Å²) < 4.78 is 0. The summed E-state index contributed by atoms with van der Waals surface area (Å²) in [6.07, 6.45) is 5.87. The van der Waals surface area contributed by atoms with Crippen molar-refractivity contribution in [2.45, 2.75) is 33.1 Å². The molecule has 86 valence electrons. The van der Waals surface area contributed by atoms with Crippen LogP contribution in [0.2, 0.25) is 0 Å². The van der Waals surface area contributed by atoms with Crippen LogP contribution in [-0.2, 0) is 4.79 Å². The van der Waals surface area contributed by atoms with Crippen molar-refractivity contribution in [3.05, 3.63) is 41.0 Å². The van der Waals surface area contributed by atoms with Gasteiger partial charge in [-0.3, -0.25) is 4.79 Å². The lowest BCUT2D eigenvalue weighted by Crippen LogP contribution is -1.92. The van der Waals surface area contributed by atoms with Crippen molar-refractivity contribution >= 4 is 12.0 Å². The highest BCUT2D eigenvalue weighted by Crippen LogP contribution is 2.11. The van der Waals surface area contributed by atoms with Gasteiger partial charge in [0, 0.05) is 6.42 Å². The summed E-state index contributed by atoms with van der Waals surface area (Å²) in [5.74, 6) is -0.722. The molecule has 2 heteroatoms. The van der Waals surface area contributed by atoms with E-state index < -0.39 is 5.97 Å². The molecule has 0 aliphatic heterocycles. The Balaban J connectivity index is 2.46. The van der Waals surface area contributed by atoms with Gasteiger partial charge in [0.15, 0.2) is 0 Å². The highest BCUT2D eigenvalue weighted by Gasteiger charge is 1.94. The maximum absolute atomic E-state index is 10.3. The summed E-state index contributed by atoms with van der Waals surface area (Å²) >= 11 is 0. The number of hydrogen-bond donors (Lipinski definition) is 1. The molecule has 0 aliphatic rings. The van der Waals surface area contributed by atoms with E-state index in [1.165, 1.54) is 16.7 Å². The van der Waals surface area contributed by atoms with Gasteiger partial charge in [-0.1, -0.05) is 41.5 Å². The number of aryl methyl sites for hydroxylation is 2. The summed E-state index contributed by atoms with van der Waals surface area (Å²) in [4.78, 5) is 10.3. The molecule has 0 atom stereocenters. The number of aliphatic carboxylic acids is 1. The van der Waals surface area contributed by atoms with Gasteiger partial charge in [0.2, 0.25) is 0 Å². The first-order valence-corrected chi connectivity index (χ1v) is 5.54. The Morgan fingerprint density at radius 1 is 1.25 bits per heavy atom. The number of allylic oxidation sites excluding steroid dienone is 1. The summed E-state index contributed by atoms with van der Waals surface area (Å²) in [5, 5.41) is 8.48. The fourth-order valence-corrected chi connectivity index (χ4v) is 1.70. The largest absolute Gasteiger partial charge is 0.481 e. The van der Waals surface area contributed by atoms with Crippen LogP contribution in [-0.4, -0.2) is 11.1 Å². The fourth-order valence-electron chi connectivity index (χ4n) is 1.70. The second kappa shape index (κ2) is 6.11. The Morgan fingerprint density at radius 3 is 2.44 bits per heavy atom. The van der Waals surface area contributed by atoms with Crippen LogP contribution in [0.4, 0.5) is 0 Å². The number of benzene rings is 1. The standard InChI is InChI=1S/C14H18O2/c1-11-8-12(2)10-13(9-11)6-4-3-5-7-14(15)16/h4,6,8-10H,3,5,7H2,1-2H3,(H,15,16)/b6-4+. The highest BCUT2D eigenvalue weighted by molar-refractivity contribution is 5.66. The Hall–Kier alpha value is -1.57. The van der Waals surface area contributed by atoms with E-state index in [2.05, 4.69) is 38.1 Å². The zero-order valence-corrected chi connectivity index (χ0v) is 9.86. The van der Waals surface area contributed by atoms with E-state index in [1.54, 1.807) is 0 Å². The van der Waals surface area contributed by atoms with E-state index in [9.17, 15) is 4.79 Å². The average molecular weight is 218 g/mol. The minimum Gasteiger partial charge on any atom is -0.481 e. The van der Waals surface area contributed by atoms with Gasteiger partial charge in [0.1, 0.15) is 0 Å². The van der Waals surface area contributed by atoms with Gasteiger partial charge < -0.3 is 5.11 Å². The van der Waals surface area contributed by atoms with E-state index in [-0.39, 0.29) is 6.42 Å². The SMILES string of the molecule is Cc1cc(C)cc(/C=C/CCCC(=O)O)c1. The smallest absolute Gasteiger partial charge is 0.303 e. The minimum absolute atomic E-state index is 0.247. The number of unbranched alkanes of at least 4 members (excludes halogenated alkanes) is 1. The number of carbonyl (C=O) groups is 1. The maximum atomic E-state index is 10.3. The van der Waals surface area contributed by atoms with Crippen molar-refractivity contribution < 1.29 is 9.90 Å². The first-order valence-electron chi connectivity index (χ1n) is 5.54. The van der Waals surface area contributed by atoms with Gasteiger partial charge in [0.05, 0.1) is 0 Å². The van der Waals surface area contributed by atoms with Crippen LogP contribution in [0.25, 0.3) is 6.08 Å². The molecule has 0 spiro atoms. The molecule has 0 radical (unpaired) electrons. The fraction of sp³-hybridized carbons (Fsp3) is 0.357. The number of carboxylic acids is 1. The molecule has 1 rings (SSSR count). The van der Waals surface area contributed by atoms with Gasteiger partial charge in [-0.2, -0.15) is 0 Å². The summed E-state index contributed by atoms with van der Waals surface area (Å²) in [5.41, 5.74) is 3.70. The molecular weight excluding hydrogens is 200 g/mol. The molecular formula is C14H18O2. The van der Waals surface area contributed by atoms with Crippen molar-refractivity contribution in [1.29, 1.82) is 0 Å². The number of hydrogen-bond acceptors (Lipinski definition) is 1. The van der Waals surface area contributed by atoms with E-state index in [0.29, 0.717) is 6.42 Å². The average Bonchev–Trinajstić information content (AvgIpc) is 2.15. The molecule has 16 heavy (non-hydrogen) atoms. The van der Waals surface area contributed by atoms with Crippen LogP contribution in [0.15, 0.2) is 24.3 Å². The van der Waals surface area contributed by atoms with Crippen molar-refractivity contribution in [3.63, 3.8) is 0 Å². The summed E-state index contributed by atoms with van der Waals surface area (Å²) in [7, 11) is 0. The van der Waals surface area contributed by atoms with Gasteiger partial charge in [0.25, 0.3) is 0 Å². The number of rotatable bonds is 5. The third-order valence-electron chi connectivity index (χ3n) is 2.32. The zero-order valence-electron chi connectivity index (χ0n) is 9.86. The van der Waals surface area contributed by atoms with Gasteiger partial charge >= 0.3 is 5.97 Å². The Kier molecular flexibility index (Phi) is 4.77. The van der Waals surface area contributed by atoms with E-state index >= 15 is 0 Å². The molecule has 0 aliphatic carbocycles. The zero-order chi connectivity index (χ0) is 12.0. The number of carboxylic acid groups (broad SMARTS) is 1. The molecule has 0 fully saturated rings. The van der Waals surface area contributed by atoms with Crippen molar-refractivity contribution in [2.75, 3.05) is 0 Å².